The van der Waals surface area contributed by atoms with Gasteiger partial charge < -0.3 is 20.5 Å². The molecule has 0 radical (unpaired) electrons. The van der Waals surface area contributed by atoms with Gasteiger partial charge in [-0.3, -0.25) is 4.99 Å². The second-order valence-corrected chi connectivity index (χ2v) is 6.96. The number of ether oxygens (including phenoxy) is 2. The summed E-state index contributed by atoms with van der Waals surface area (Å²) in [6, 6.07) is 7.46. The van der Waals surface area contributed by atoms with Gasteiger partial charge in [-0.15, -0.1) is 0 Å². The molecule has 2 heterocycles. The van der Waals surface area contributed by atoms with Crippen LogP contribution in [0.25, 0.3) is 0 Å². The molecule has 0 spiro atoms. The van der Waals surface area contributed by atoms with E-state index in [9.17, 15) is 17.6 Å². The van der Waals surface area contributed by atoms with Gasteiger partial charge in [-0.05, 0) is 44.2 Å². The van der Waals surface area contributed by atoms with E-state index in [4.69, 9.17) is 15.2 Å². The molecule has 0 saturated heterocycles. The van der Waals surface area contributed by atoms with Crippen LogP contribution in [0.2, 0.25) is 0 Å². The van der Waals surface area contributed by atoms with Gasteiger partial charge in [-0.1, -0.05) is 0 Å². The number of anilines is 2. The number of aromatic nitrogens is 1. The van der Waals surface area contributed by atoms with Crippen LogP contribution in [0.1, 0.15) is 19.4 Å². The Labute approximate surface area is 164 Å². The fraction of sp³-hybridized carbons (Fsp3) is 0.368. The van der Waals surface area contributed by atoms with Crippen LogP contribution in [-0.4, -0.2) is 36.3 Å². The number of benzene rings is 1. The molecule has 156 valence electrons. The number of alkyl halides is 3. The van der Waals surface area contributed by atoms with Crippen LogP contribution < -0.4 is 15.8 Å². The molecule has 2 atom stereocenters. The summed E-state index contributed by atoms with van der Waals surface area (Å²) in [7, 11) is 1.48. The van der Waals surface area contributed by atoms with Crippen LogP contribution in [0.4, 0.5) is 29.1 Å². The summed E-state index contributed by atoms with van der Waals surface area (Å²) in [5.41, 5.74) is 1.91. The first-order valence-electron chi connectivity index (χ1n) is 8.63. The third-order valence-corrected chi connectivity index (χ3v) is 4.84. The maximum atomic E-state index is 14.6. The minimum absolute atomic E-state index is 0.0320. The Bertz CT molecular complexity index is 950. The Morgan fingerprint density at radius 1 is 1.24 bits per heavy atom. The molecule has 29 heavy (non-hydrogen) atoms. The molecule has 1 aromatic carbocycles. The number of pyridine rings is 1. The van der Waals surface area contributed by atoms with Gasteiger partial charge in [0.25, 0.3) is 0 Å². The highest BCUT2D eigenvalue weighted by Gasteiger charge is 2.59. The standard InChI is InChI=1S/C19H20F4N4O2/c1-17(10-29-18(2,16(24)27-17)19(21,22)23)12-9-11(6-7-13(12)20)26-15-14(28-3)5-4-8-25-15/h4-9H,10H2,1-3H3,(H2,24,27)(H,25,26). The number of amidine groups is 1. The average Bonchev–Trinajstić information content (AvgIpc) is 2.66. The Morgan fingerprint density at radius 3 is 2.59 bits per heavy atom. The van der Waals surface area contributed by atoms with E-state index in [0.29, 0.717) is 17.3 Å². The molecule has 1 aliphatic rings. The van der Waals surface area contributed by atoms with Crippen molar-refractivity contribution >= 4 is 17.3 Å². The molecule has 3 rings (SSSR count). The smallest absolute Gasteiger partial charge is 0.424 e. The van der Waals surface area contributed by atoms with Crippen LogP contribution in [-0.2, 0) is 10.3 Å². The van der Waals surface area contributed by atoms with E-state index in [1.807, 2.05) is 0 Å². The number of methoxy groups -OCH3 is 1. The zero-order valence-electron chi connectivity index (χ0n) is 16.0. The quantitative estimate of drug-likeness (QED) is 0.745. The van der Waals surface area contributed by atoms with E-state index in [2.05, 4.69) is 15.3 Å². The first-order chi connectivity index (χ1) is 13.5. The van der Waals surface area contributed by atoms with E-state index in [1.165, 1.54) is 32.2 Å². The number of halogens is 4. The first kappa shape index (κ1) is 20.8. The lowest BCUT2D eigenvalue weighted by molar-refractivity contribution is -0.249. The number of nitrogens with two attached hydrogens (primary N) is 1. The molecule has 0 amide bonds. The fourth-order valence-corrected chi connectivity index (χ4v) is 2.93. The van der Waals surface area contributed by atoms with Crippen molar-refractivity contribution in [3.8, 4) is 5.75 Å². The molecule has 0 aliphatic carbocycles. The minimum Gasteiger partial charge on any atom is -0.493 e. The largest absolute Gasteiger partial charge is 0.493 e. The summed E-state index contributed by atoms with van der Waals surface area (Å²) in [4.78, 5) is 8.15. The number of nitrogens with zero attached hydrogens (tertiary/aromatic N) is 2. The molecule has 2 unspecified atom stereocenters. The van der Waals surface area contributed by atoms with Gasteiger partial charge >= 0.3 is 6.18 Å². The fourth-order valence-electron chi connectivity index (χ4n) is 2.93. The predicted octanol–water partition coefficient (Wildman–Crippen LogP) is 3.90. The van der Waals surface area contributed by atoms with E-state index < -0.39 is 35.6 Å². The molecule has 0 fully saturated rings. The highest BCUT2D eigenvalue weighted by molar-refractivity contribution is 5.90. The van der Waals surface area contributed by atoms with Crippen LogP contribution >= 0.6 is 0 Å². The number of hydrogen-bond donors (Lipinski definition) is 2. The Morgan fingerprint density at radius 2 is 1.97 bits per heavy atom. The van der Waals surface area contributed by atoms with E-state index in [1.54, 1.807) is 18.3 Å². The van der Waals surface area contributed by atoms with Crippen LogP contribution in [0.15, 0.2) is 41.5 Å². The Kier molecular flexibility index (Phi) is 5.16. The lowest BCUT2D eigenvalue weighted by Gasteiger charge is -2.41. The van der Waals surface area contributed by atoms with Crippen molar-refractivity contribution in [1.82, 2.24) is 4.98 Å². The van der Waals surface area contributed by atoms with Crippen molar-refractivity contribution in [2.75, 3.05) is 19.0 Å². The molecule has 1 aromatic heterocycles. The Balaban J connectivity index is 1.98. The number of rotatable bonds is 4. The van der Waals surface area contributed by atoms with Crippen LogP contribution in [0, 0.1) is 5.82 Å². The van der Waals surface area contributed by atoms with Gasteiger partial charge in [0, 0.05) is 17.4 Å². The normalized spacial score (nSPS) is 24.7. The van der Waals surface area contributed by atoms with Crippen molar-refractivity contribution in [3.63, 3.8) is 0 Å². The second kappa shape index (κ2) is 7.18. The summed E-state index contributed by atoms with van der Waals surface area (Å²) in [6.45, 7) is 1.75. The number of nitrogens with one attached hydrogen (secondary N) is 1. The highest BCUT2D eigenvalue weighted by atomic mass is 19.4. The van der Waals surface area contributed by atoms with Gasteiger partial charge in [-0.25, -0.2) is 9.37 Å². The lowest BCUT2D eigenvalue weighted by atomic mass is 9.89. The van der Waals surface area contributed by atoms with Crippen molar-refractivity contribution in [2.45, 2.75) is 31.2 Å². The maximum Gasteiger partial charge on any atom is 0.424 e. The maximum absolute atomic E-state index is 14.6. The van der Waals surface area contributed by atoms with Crippen LogP contribution in [0.5, 0.6) is 5.75 Å². The van der Waals surface area contributed by atoms with Gasteiger partial charge in [0.05, 0.1) is 13.7 Å². The van der Waals surface area contributed by atoms with Crippen molar-refractivity contribution in [1.29, 1.82) is 0 Å². The Hall–Kier alpha value is -2.88. The van der Waals surface area contributed by atoms with Gasteiger partial charge in [0.2, 0.25) is 5.60 Å². The molecule has 0 bridgehead atoms. The molecular formula is C19H20F4N4O2. The monoisotopic (exact) mass is 412 g/mol. The zero-order chi connectivity index (χ0) is 21.4. The molecule has 10 heteroatoms. The lowest BCUT2D eigenvalue weighted by Crippen LogP contribution is -2.60. The van der Waals surface area contributed by atoms with E-state index in [0.717, 1.165) is 6.92 Å². The SMILES string of the molecule is COc1cccnc1Nc1ccc(F)c(C2(C)COC(C)(C(F)(F)F)C(N)=N2)c1. The molecule has 1 aliphatic heterocycles. The molecule has 3 N–H and O–H groups in total. The summed E-state index contributed by atoms with van der Waals surface area (Å²) in [5.74, 6) is -0.552. The third kappa shape index (κ3) is 3.71. The average molecular weight is 412 g/mol. The highest BCUT2D eigenvalue weighted by Crippen LogP contribution is 2.42. The summed E-state index contributed by atoms with van der Waals surface area (Å²) < 4.78 is 64.8. The minimum atomic E-state index is -4.75. The molecule has 0 saturated carbocycles. The van der Waals surface area contributed by atoms with Crippen molar-refractivity contribution < 1.29 is 27.0 Å². The first-order valence-corrected chi connectivity index (χ1v) is 8.63. The predicted molar refractivity (Wildman–Crippen MR) is 99.9 cm³/mol. The summed E-state index contributed by atoms with van der Waals surface area (Å²) >= 11 is 0. The van der Waals surface area contributed by atoms with Gasteiger partial charge in [-0.2, -0.15) is 13.2 Å². The van der Waals surface area contributed by atoms with Crippen molar-refractivity contribution in [2.24, 2.45) is 10.7 Å². The second-order valence-electron chi connectivity index (χ2n) is 6.96. The van der Waals surface area contributed by atoms with E-state index >= 15 is 0 Å². The summed E-state index contributed by atoms with van der Waals surface area (Å²) in [5, 5.41) is 3.00. The van der Waals surface area contributed by atoms with E-state index in [-0.39, 0.29) is 5.56 Å². The topological polar surface area (TPSA) is 81.8 Å². The number of aliphatic imine (C=N–C) groups is 1. The zero-order valence-corrected chi connectivity index (χ0v) is 16.0. The van der Waals surface area contributed by atoms with Gasteiger partial charge in [0.1, 0.15) is 17.2 Å². The molecule has 2 aromatic rings. The third-order valence-electron chi connectivity index (χ3n) is 4.84. The summed E-state index contributed by atoms with van der Waals surface area (Å²) in [6.07, 6.45) is -3.20. The molecule has 6 nitrogen and oxygen atoms in total. The van der Waals surface area contributed by atoms with Crippen LogP contribution in [0.3, 0.4) is 0 Å². The van der Waals surface area contributed by atoms with Crippen molar-refractivity contribution in [3.05, 3.63) is 47.9 Å². The van der Waals surface area contributed by atoms with Gasteiger partial charge in [0.15, 0.2) is 11.6 Å². The molecular weight excluding hydrogens is 392 g/mol. The number of hydrogen-bond acceptors (Lipinski definition) is 6.